The Bertz CT molecular complexity index is 1920. The lowest BCUT2D eigenvalue weighted by atomic mass is 9.89. The van der Waals surface area contributed by atoms with Crippen LogP contribution in [0.1, 0.15) is 72.3 Å². The SMILES string of the molecule is CC[C@H](C)[C@@H]([C@@H](CC(=O)N1CCC[C@H]1[C@H](OC)[C@@H](C)C(=O)N[C@@H](Cc1ccccc1)C(=O)NCCOCCOCCNC(=O)CCN1C(=O)C=CC1=O)OC)N(C)C(=O)C(N=C(N(C)C)N(C)C)C(C)C. The van der Waals surface area contributed by atoms with Crippen LogP contribution in [-0.4, -0.2) is 210 Å². The lowest BCUT2D eigenvalue weighted by Crippen LogP contribution is -2.55. The van der Waals surface area contributed by atoms with Crippen LogP contribution < -0.4 is 16.0 Å². The molecule has 0 radical (unpaired) electrons. The molecule has 2 aliphatic heterocycles. The summed E-state index contributed by atoms with van der Waals surface area (Å²) in [6.07, 6.45) is 3.33. The molecule has 71 heavy (non-hydrogen) atoms. The quantitative estimate of drug-likeness (QED) is 0.0433. The van der Waals surface area contributed by atoms with E-state index in [9.17, 15) is 33.6 Å². The number of hydrogen-bond acceptors (Lipinski definition) is 12. The van der Waals surface area contributed by atoms with Gasteiger partial charge in [0.25, 0.3) is 11.8 Å². The maximum atomic E-state index is 14.4. The number of amides is 7. The highest BCUT2D eigenvalue weighted by Crippen LogP contribution is 2.30. The summed E-state index contributed by atoms with van der Waals surface area (Å²) < 4.78 is 23.3. The molecule has 398 valence electrons. The van der Waals surface area contributed by atoms with E-state index in [1.54, 1.807) is 30.9 Å². The molecular weight excluding hydrogens is 915 g/mol. The molecule has 1 aromatic carbocycles. The zero-order valence-electron chi connectivity index (χ0n) is 44.3. The van der Waals surface area contributed by atoms with Crippen LogP contribution in [0, 0.1) is 17.8 Å². The van der Waals surface area contributed by atoms with Gasteiger partial charge in [0.05, 0.1) is 63.1 Å². The number of imide groups is 1. The van der Waals surface area contributed by atoms with Crippen LogP contribution in [0.2, 0.25) is 0 Å². The van der Waals surface area contributed by atoms with Crippen LogP contribution in [-0.2, 0) is 58.9 Å². The van der Waals surface area contributed by atoms with E-state index in [-0.39, 0.29) is 94.9 Å². The van der Waals surface area contributed by atoms with Crippen molar-refractivity contribution in [2.24, 2.45) is 22.7 Å². The highest BCUT2D eigenvalue weighted by molar-refractivity contribution is 6.13. The van der Waals surface area contributed by atoms with Crippen molar-refractivity contribution in [3.63, 3.8) is 0 Å². The van der Waals surface area contributed by atoms with E-state index in [4.69, 9.17) is 23.9 Å². The predicted molar refractivity (Wildman–Crippen MR) is 270 cm³/mol. The number of ether oxygens (including phenoxy) is 4. The van der Waals surface area contributed by atoms with E-state index >= 15 is 0 Å². The van der Waals surface area contributed by atoms with E-state index in [0.717, 1.165) is 16.9 Å². The first kappa shape index (κ1) is 59.9. The lowest BCUT2D eigenvalue weighted by molar-refractivity contribution is -0.146. The van der Waals surface area contributed by atoms with Gasteiger partial charge in [0.15, 0.2) is 5.96 Å². The molecule has 20 heteroatoms. The largest absolute Gasteiger partial charge is 0.379 e. The number of aliphatic imine (C=N–C) groups is 1. The van der Waals surface area contributed by atoms with Crippen molar-refractivity contribution < 1.29 is 52.5 Å². The average Bonchev–Trinajstić information content (AvgIpc) is 3.95. The van der Waals surface area contributed by atoms with Gasteiger partial charge in [0.2, 0.25) is 29.5 Å². The second kappa shape index (κ2) is 30.4. The molecule has 20 nitrogen and oxygen atoms in total. The highest BCUT2D eigenvalue weighted by atomic mass is 16.5. The average molecular weight is 998 g/mol. The lowest BCUT2D eigenvalue weighted by Gasteiger charge is -2.40. The molecule has 8 atom stereocenters. The van der Waals surface area contributed by atoms with E-state index in [1.165, 1.54) is 19.3 Å². The van der Waals surface area contributed by atoms with Crippen LogP contribution in [0.5, 0.6) is 0 Å². The Morgan fingerprint density at radius 3 is 1.97 bits per heavy atom. The number of benzene rings is 1. The molecule has 1 fully saturated rings. The van der Waals surface area contributed by atoms with E-state index in [2.05, 4.69) is 29.8 Å². The Labute approximate surface area is 421 Å². The van der Waals surface area contributed by atoms with Gasteiger partial charge in [-0.3, -0.25) is 38.5 Å². The zero-order valence-corrected chi connectivity index (χ0v) is 44.3. The van der Waals surface area contributed by atoms with Crippen molar-refractivity contribution >= 4 is 47.3 Å². The number of likely N-dealkylation sites (tertiary alicyclic amines) is 1. The molecule has 0 spiro atoms. The molecule has 3 rings (SSSR count). The summed E-state index contributed by atoms with van der Waals surface area (Å²) in [7, 11) is 12.4. The van der Waals surface area contributed by atoms with Gasteiger partial charge >= 0.3 is 0 Å². The number of guanidine groups is 1. The first-order valence-corrected chi connectivity index (χ1v) is 24.9. The monoisotopic (exact) mass is 998 g/mol. The zero-order chi connectivity index (χ0) is 52.8. The van der Waals surface area contributed by atoms with Crippen molar-refractivity contribution in [1.82, 2.24) is 40.4 Å². The fourth-order valence-corrected chi connectivity index (χ4v) is 9.03. The maximum Gasteiger partial charge on any atom is 0.253 e. The van der Waals surface area contributed by atoms with Crippen LogP contribution in [0.3, 0.4) is 0 Å². The number of nitrogens with one attached hydrogen (secondary N) is 3. The van der Waals surface area contributed by atoms with E-state index < -0.39 is 65.9 Å². The minimum absolute atomic E-state index is 0.00597. The molecule has 1 saturated heterocycles. The Morgan fingerprint density at radius 2 is 1.42 bits per heavy atom. The van der Waals surface area contributed by atoms with Gasteiger partial charge in [-0.15, -0.1) is 0 Å². The third kappa shape index (κ3) is 18.3. The molecule has 1 aromatic rings. The molecule has 7 amide bonds. The first-order valence-electron chi connectivity index (χ1n) is 24.9. The van der Waals surface area contributed by atoms with Gasteiger partial charge in [0, 0.05) is 101 Å². The topological polar surface area (TPSA) is 221 Å². The summed E-state index contributed by atoms with van der Waals surface area (Å²) in [4.78, 5) is 105. The normalized spacial score (nSPS) is 17.5. The minimum atomic E-state index is -0.921. The first-order chi connectivity index (χ1) is 33.8. The number of rotatable bonds is 30. The molecule has 3 N–H and O–H groups in total. The van der Waals surface area contributed by atoms with E-state index in [1.807, 2.05) is 82.2 Å². The smallest absolute Gasteiger partial charge is 0.253 e. The number of carbonyl (C=O) groups excluding carboxylic acids is 7. The summed E-state index contributed by atoms with van der Waals surface area (Å²) in [6.45, 7) is 11.6. The van der Waals surface area contributed by atoms with Gasteiger partial charge in [-0.1, -0.05) is 71.4 Å². The molecule has 0 aliphatic carbocycles. The summed E-state index contributed by atoms with van der Waals surface area (Å²) >= 11 is 0. The maximum absolute atomic E-state index is 14.4. The molecule has 2 aliphatic rings. The third-order valence-corrected chi connectivity index (χ3v) is 13.1. The van der Waals surface area contributed by atoms with Gasteiger partial charge in [0.1, 0.15) is 12.1 Å². The summed E-state index contributed by atoms with van der Waals surface area (Å²) in [6, 6.07) is 6.94. The highest BCUT2D eigenvalue weighted by Gasteiger charge is 2.43. The van der Waals surface area contributed by atoms with Crippen molar-refractivity contribution in [3.8, 4) is 0 Å². The van der Waals surface area contributed by atoms with Crippen molar-refractivity contribution in [1.29, 1.82) is 0 Å². The summed E-state index contributed by atoms with van der Waals surface area (Å²) in [5.41, 5.74) is 0.852. The van der Waals surface area contributed by atoms with Crippen molar-refractivity contribution in [2.75, 3.05) is 102 Å². The number of hydrogen-bond donors (Lipinski definition) is 3. The Balaban J connectivity index is 1.60. The van der Waals surface area contributed by atoms with Crippen molar-refractivity contribution in [2.45, 2.75) is 110 Å². The fraction of sp³-hybridized carbons (Fsp3) is 0.686. The van der Waals surface area contributed by atoms with Crippen LogP contribution >= 0.6 is 0 Å². The second-order valence-electron chi connectivity index (χ2n) is 19.0. The second-order valence-corrected chi connectivity index (χ2v) is 19.0. The molecular formula is C51H83N9O11. The van der Waals surface area contributed by atoms with E-state index in [0.29, 0.717) is 25.3 Å². The molecule has 0 bridgehead atoms. The molecule has 2 heterocycles. The third-order valence-electron chi connectivity index (χ3n) is 13.1. The van der Waals surface area contributed by atoms with Gasteiger partial charge in [-0.2, -0.15) is 0 Å². The van der Waals surface area contributed by atoms with Gasteiger partial charge in [-0.05, 0) is 30.2 Å². The van der Waals surface area contributed by atoms with Gasteiger partial charge < -0.3 is 54.5 Å². The van der Waals surface area contributed by atoms with Crippen LogP contribution in [0.25, 0.3) is 0 Å². The fourth-order valence-electron chi connectivity index (χ4n) is 9.03. The molecule has 0 aromatic heterocycles. The van der Waals surface area contributed by atoms with Crippen molar-refractivity contribution in [3.05, 3.63) is 48.0 Å². The number of likely N-dealkylation sites (N-methyl/N-ethyl adjacent to an activating group) is 1. The van der Waals surface area contributed by atoms with Gasteiger partial charge in [-0.25, -0.2) is 4.99 Å². The van der Waals surface area contributed by atoms with Crippen LogP contribution in [0.15, 0.2) is 47.5 Å². The summed E-state index contributed by atoms with van der Waals surface area (Å²) in [5.74, 6) is -2.47. The Kier molecular flexibility index (Phi) is 25.7. The number of nitrogens with zero attached hydrogens (tertiary/aromatic N) is 6. The Morgan fingerprint density at radius 1 is 0.817 bits per heavy atom. The number of methoxy groups -OCH3 is 2. The standard InChI is InChI=1S/C51H83N9O11/c1-13-35(4)46(58(10)50(67)45(34(2)3)55-51(56(6)7)57(8)9)40(68-11)33-44(64)59-26-17-20-39(59)47(69-12)36(5)48(65)54-38(32-37-18-15-14-16-19-37)49(66)53-25-29-71-31-30-70-28-24-52-41(61)23-27-60-42(62)21-22-43(60)63/h14-16,18-19,21-22,34-36,38-40,45-47H,13,17,20,23-33H2,1-12H3,(H,52,61)(H,53,66)(H,54,65)/t35-,36+,38-,39-,40+,45?,46-,47+/m0/s1. The minimum Gasteiger partial charge on any atom is -0.379 e. The predicted octanol–water partition coefficient (Wildman–Crippen LogP) is 1.72. The van der Waals surface area contributed by atoms with Crippen LogP contribution in [0.4, 0.5) is 0 Å². The Hall–Kier alpha value is -5.44. The molecule has 1 unspecified atom stereocenters. The summed E-state index contributed by atoms with van der Waals surface area (Å²) in [5, 5.41) is 8.52. The molecule has 0 saturated carbocycles. The number of carbonyl (C=O) groups is 7.